The minimum atomic E-state index is -0.909. The number of rotatable bonds is 10. The van der Waals surface area contributed by atoms with Gasteiger partial charge in [0.25, 0.3) is 0 Å². The number of nitrogens with one attached hydrogen (secondary N) is 1. The van der Waals surface area contributed by atoms with E-state index in [2.05, 4.69) is 23.5 Å². The van der Waals surface area contributed by atoms with E-state index in [1.807, 2.05) is 30.3 Å². The molecule has 1 saturated heterocycles. The third-order valence-electron chi connectivity index (χ3n) is 7.29. The number of amides is 2. The molecule has 1 aliphatic heterocycles. The van der Waals surface area contributed by atoms with Gasteiger partial charge in [-0.25, -0.2) is 0 Å². The summed E-state index contributed by atoms with van der Waals surface area (Å²) in [5.74, 6) is -1.18. The summed E-state index contributed by atoms with van der Waals surface area (Å²) in [6, 6.07) is 14.2. The van der Waals surface area contributed by atoms with Gasteiger partial charge in [-0.1, -0.05) is 48.5 Å². The molecule has 0 spiro atoms. The number of esters is 1. The van der Waals surface area contributed by atoms with Gasteiger partial charge in [0.2, 0.25) is 11.8 Å². The molecule has 2 aliphatic rings. The maximum Gasteiger partial charge on any atom is 0.318 e. The number of carbonyl (C=O) groups excluding carboxylic acids is 3. The smallest absolute Gasteiger partial charge is 0.318 e. The van der Waals surface area contributed by atoms with Crippen LogP contribution in [-0.2, 0) is 30.4 Å². The van der Waals surface area contributed by atoms with Crippen molar-refractivity contribution in [3.63, 3.8) is 0 Å². The second-order valence-electron chi connectivity index (χ2n) is 9.65. The Labute approximate surface area is 212 Å². The van der Waals surface area contributed by atoms with Crippen molar-refractivity contribution in [3.05, 3.63) is 59.8 Å². The SMILES string of the molecule is CCOC(=O)[C@]12CCCC=C1N(Cc1cccc3ccccc13)C(=O)[C@H](CC(=O)NCCCOC)C2. The van der Waals surface area contributed by atoms with E-state index in [9.17, 15) is 14.4 Å². The molecular formula is C29H36N2O5. The lowest BCUT2D eigenvalue weighted by Gasteiger charge is -2.48. The van der Waals surface area contributed by atoms with Gasteiger partial charge in [0.05, 0.1) is 13.2 Å². The molecule has 0 radical (unpaired) electrons. The predicted molar refractivity (Wildman–Crippen MR) is 138 cm³/mol. The molecule has 0 unspecified atom stereocenters. The zero-order valence-corrected chi connectivity index (χ0v) is 21.3. The van der Waals surface area contributed by atoms with Gasteiger partial charge >= 0.3 is 5.97 Å². The highest BCUT2D eigenvalue weighted by atomic mass is 16.5. The van der Waals surface area contributed by atoms with Crippen LogP contribution >= 0.6 is 0 Å². The first kappa shape index (κ1) is 25.9. The van der Waals surface area contributed by atoms with Gasteiger partial charge in [0.15, 0.2) is 0 Å². The van der Waals surface area contributed by atoms with Gasteiger partial charge in [-0.05, 0) is 55.4 Å². The van der Waals surface area contributed by atoms with Crippen molar-refractivity contribution < 1.29 is 23.9 Å². The predicted octanol–water partition coefficient (Wildman–Crippen LogP) is 4.35. The van der Waals surface area contributed by atoms with Crippen molar-refractivity contribution in [2.75, 3.05) is 26.9 Å². The zero-order chi connectivity index (χ0) is 25.5. The Morgan fingerprint density at radius 2 is 1.97 bits per heavy atom. The number of piperidine rings is 1. The Bertz CT molecular complexity index is 1140. The van der Waals surface area contributed by atoms with Gasteiger partial charge in [-0.3, -0.25) is 14.4 Å². The number of benzene rings is 2. The summed E-state index contributed by atoms with van der Waals surface area (Å²) >= 11 is 0. The van der Waals surface area contributed by atoms with Crippen molar-refractivity contribution >= 4 is 28.6 Å². The summed E-state index contributed by atoms with van der Waals surface area (Å²) in [6.07, 6.45) is 5.34. The molecule has 36 heavy (non-hydrogen) atoms. The summed E-state index contributed by atoms with van der Waals surface area (Å²) in [5, 5.41) is 5.06. The minimum Gasteiger partial charge on any atom is -0.465 e. The van der Waals surface area contributed by atoms with Gasteiger partial charge in [-0.2, -0.15) is 0 Å². The Balaban J connectivity index is 1.67. The van der Waals surface area contributed by atoms with Crippen LogP contribution in [0.25, 0.3) is 10.8 Å². The van der Waals surface area contributed by atoms with Crippen LogP contribution in [0.1, 0.15) is 51.0 Å². The Morgan fingerprint density at radius 3 is 2.78 bits per heavy atom. The van der Waals surface area contributed by atoms with Crippen LogP contribution < -0.4 is 5.32 Å². The molecule has 1 heterocycles. The molecular weight excluding hydrogens is 456 g/mol. The molecule has 2 amide bonds. The summed E-state index contributed by atoms with van der Waals surface area (Å²) in [7, 11) is 1.62. The molecule has 1 N–H and O–H groups in total. The number of methoxy groups -OCH3 is 1. The summed E-state index contributed by atoms with van der Waals surface area (Å²) < 4.78 is 10.6. The lowest BCUT2D eigenvalue weighted by Crippen LogP contribution is -2.54. The highest BCUT2D eigenvalue weighted by Gasteiger charge is 2.54. The average Bonchev–Trinajstić information content (AvgIpc) is 2.89. The fraction of sp³-hybridized carbons (Fsp3) is 0.483. The standard InChI is InChI=1S/C29H36N2O5/c1-3-36-28(34)29-15-7-6-14-25(29)31(20-22-12-8-11-21-10-4-5-13-24(21)22)27(33)23(19-29)18-26(32)30-16-9-17-35-2/h4-5,8,10-14,23H,3,6-7,9,15-20H2,1-2H3,(H,30,32)/t23-,29+/m1/s1. The molecule has 4 rings (SSSR count). The maximum atomic E-state index is 13.9. The van der Waals surface area contributed by atoms with Crippen molar-refractivity contribution in [2.24, 2.45) is 11.3 Å². The number of likely N-dealkylation sites (tertiary alicyclic amines) is 1. The fourth-order valence-corrected chi connectivity index (χ4v) is 5.61. The molecule has 0 bridgehead atoms. The molecule has 2 atom stereocenters. The second-order valence-corrected chi connectivity index (χ2v) is 9.65. The fourth-order valence-electron chi connectivity index (χ4n) is 5.61. The van der Waals surface area contributed by atoms with E-state index in [0.29, 0.717) is 39.0 Å². The molecule has 1 aliphatic carbocycles. The van der Waals surface area contributed by atoms with E-state index in [4.69, 9.17) is 9.47 Å². The third-order valence-corrected chi connectivity index (χ3v) is 7.29. The molecule has 1 fully saturated rings. The number of hydrogen-bond acceptors (Lipinski definition) is 5. The number of ether oxygens (including phenoxy) is 2. The van der Waals surface area contributed by atoms with E-state index in [1.165, 1.54) is 0 Å². The van der Waals surface area contributed by atoms with Crippen LogP contribution in [0.5, 0.6) is 0 Å². The first-order valence-electron chi connectivity index (χ1n) is 12.9. The summed E-state index contributed by atoms with van der Waals surface area (Å²) in [6.45, 7) is 3.46. The second kappa shape index (κ2) is 11.7. The lowest BCUT2D eigenvalue weighted by molar-refractivity contribution is -0.162. The molecule has 7 heteroatoms. The van der Waals surface area contributed by atoms with Crippen molar-refractivity contribution in [2.45, 2.75) is 52.0 Å². The van der Waals surface area contributed by atoms with Gasteiger partial charge < -0.3 is 19.7 Å². The first-order valence-corrected chi connectivity index (χ1v) is 12.9. The monoisotopic (exact) mass is 492 g/mol. The molecule has 0 saturated carbocycles. The van der Waals surface area contributed by atoms with E-state index in [-0.39, 0.29) is 30.8 Å². The van der Waals surface area contributed by atoms with E-state index < -0.39 is 11.3 Å². The van der Waals surface area contributed by atoms with Crippen molar-refractivity contribution in [1.82, 2.24) is 10.2 Å². The first-order chi connectivity index (χ1) is 17.5. The lowest BCUT2D eigenvalue weighted by atomic mass is 9.66. The van der Waals surface area contributed by atoms with Crippen LogP contribution in [0, 0.1) is 11.3 Å². The Morgan fingerprint density at radius 1 is 1.17 bits per heavy atom. The maximum absolute atomic E-state index is 13.9. The van der Waals surface area contributed by atoms with E-state index >= 15 is 0 Å². The van der Waals surface area contributed by atoms with Gasteiger partial charge in [-0.15, -0.1) is 0 Å². The number of nitrogens with zero attached hydrogens (tertiary/aromatic N) is 1. The normalized spacial score (nSPS) is 21.6. The van der Waals surface area contributed by atoms with E-state index in [0.717, 1.165) is 34.9 Å². The number of allylic oxidation sites excluding steroid dienone is 1. The van der Waals surface area contributed by atoms with Crippen molar-refractivity contribution in [1.29, 1.82) is 0 Å². The topological polar surface area (TPSA) is 84.9 Å². The highest BCUT2D eigenvalue weighted by Crippen LogP contribution is 2.50. The summed E-state index contributed by atoms with van der Waals surface area (Å²) in [4.78, 5) is 41.8. The summed E-state index contributed by atoms with van der Waals surface area (Å²) in [5.41, 5.74) is 0.838. The van der Waals surface area contributed by atoms with Crippen LogP contribution in [0.4, 0.5) is 0 Å². The number of carbonyl (C=O) groups is 3. The van der Waals surface area contributed by atoms with Crippen molar-refractivity contribution in [3.8, 4) is 0 Å². The number of fused-ring (bicyclic) bond motifs is 2. The average molecular weight is 493 g/mol. The zero-order valence-electron chi connectivity index (χ0n) is 21.3. The van der Waals surface area contributed by atoms with Crippen LogP contribution in [-0.4, -0.2) is 49.6 Å². The quantitative estimate of drug-likeness (QED) is 0.394. The molecule has 2 aromatic carbocycles. The van der Waals surface area contributed by atoms with Crippen LogP contribution in [0.2, 0.25) is 0 Å². The van der Waals surface area contributed by atoms with Crippen LogP contribution in [0.3, 0.4) is 0 Å². The molecule has 2 aromatic rings. The van der Waals surface area contributed by atoms with Gasteiger partial charge in [0.1, 0.15) is 5.41 Å². The highest BCUT2D eigenvalue weighted by molar-refractivity contribution is 5.93. The molecule has 192 valence electrons. The minimum absolute atomic E-state index is 0.0479. The number of hydrogen-bond donors (Lipinski definition) is 1. The largest absolute Gasteiger partial charge is 0.465 e. The molecule has 0 aromatic heterocycles. The van der Waals surface area contributed by atoms with Crippen LogP contribution in [0.15, 0.2) is 54.2 Å². The Kier molecular flexibility index (Phi) is 8.41. The van der Waals surface area contributed by atoms with Gasteiger partial charge in [0, 0.05) is 38.3 Å². The van der Waals surface area contributed by atoms with E-state index in [1.54, 1.807) is 18.9 Å². The molecule has 7 nitrogen and oxygen atoms in total. The third kappa shape index (κ3) is 5.31. The Hall–Kier alpha value is -3.19.